The Morgan fingerprint density at radius 2 is 2.00 bits per heavy atom. The zero-order valence-electron chi connectivity index (χ0n) is 8.77. The van der Waals surface area contributed by atoms with Gasteiger partial charge in [-0.1, -0.05) is 0 Å². The molecule has 0 atom stereocenters. The number of halogens is 3. The van der Waals surface area contributed by atoms with E-state index in [0.717, 1.165) is 18.2 Å². The normalized spacial score (nSPS) is 11.7. The first kappa shape index (κ1) is 13.7. The lowest BCUT2D eigenvalue weighted by Crippen LogP contribution is -2.07. The number of hydrogen-bond acceptors (Lipinski definition) is 3. The molecule has 0 fully saturated rings. The topological polar surface area (TPSA) is 86.2 Å². The van der Waals surface area contributed by atoms with Gasteiger partial charge in [0, 0.05) is 12.1 Å². The van der Waals surface area contributed by atoms with Crippen LogP contribution in [0.15, 0.2) is 24.3 Å². The molecule has 8 heteroatoms. The van der Waals surface area contributed by atoms with Crippen molar-refractivity contribution in [2.45, 2.75) is 6.18 Å². The third-order valence-corrected chi connectivity index (χ3v) is 1.98. The molecule has 2 N–H and O–H groups in total. The van der Waals surface area contributed by atoms with E-state index in [1.165, 1.54) is 0 Å². The number of nitro benzene ring substituents is 1. The summed E-state index contributed by atoms with van der Waals surface area (Å²) in [6.45, 7) is 0. The number of amides is 1. The second kappa shape index (κ2) is 4.86. The Kier molecular flexibility index (Phi) is 3.70. The van der Waals surface area contributed by atoms with Crippen LogP contribution < -0.4 is 5.73 Å². The van der Waals surface area contributed by atoms with E-state index in [1.54, 1.807) is 0 Å². The van der Waals surface area contributed by atoms with Crippen LogP contribution in [-0.2, 0) is 11.0 Å². The largest absolute Gasteiger partial charge is 0.416 e. The first-order valence-corrected chi connectivity index (χ1v) is 4.55. The number of nitrogens with two attached hydrogens (primary N) is 1. The fraction of sp³-hybridized carbons (Fsp3) is 0.100. The van der Waals surface area contributed by atoms with Crippen LogP contribution >= 0.6 is 0 Å². The van der Waals surface area contributed by atoms with E-state index in [1.807, 2.05) is 0 Å². The third-order valence-electron chi connectivity index (χ3n) is 1.98. The summed E-state index contributed by atoms with van der Waals surface area (Å²) in [5.74, 6) is -0.857. The van der Waals surface area contributed by atoms with Crippen LogP contribution in [0.4, 0.5) is 18.9 Å². The van der Waals surface area contributed by atoms with Crippen molar-refractivity contribution in [1.29, 1.82) is 0 Å². The first-order valence-electron chi connectivity index (χ1n) is 4.55. The first-order chi connectivity index (χ1) is 8.21. The Morgan fingerprint density at radius 1 is 1.39 bits per heavy atom. The van der Waals surface area contributed by atoms with Crippen molar-refractivity contribution in [3.8, 4) is 0 Å². The minimum atomic E-state index is -4.67. The Bertz CT molecular complexity index is 524. The molecule has 0 saturated carbocycles. The average Bonchev–Trinajstić information content (AvgIpc) is 2.24. The predicted octanol–water partition coefficient (Wildman–Crippen LogP) is 2.11. The van der Waals surface area contributed by atoms with Crippen molar-refractivity contribution < 1.29 is 22.9 Å². The summed E-state index contributed by atoms with van der Waals surface area (Å²) in [6, 6.07) is 1.99. The van der Waals surface area contributed by atoms with E-state index >= 15 is 0 Å². The van der Waals surface area contributed by atoms with Crippen molar-refractivity contribution in [2.75, 3.05) is 0 Å². The summed E-state index contributed by atoms with van der Waals surface area (Å²) >= 11 is 0. The van der Waals surface area contributed by atoms with Gasteiger partial charge in [-0.15, -0.1) is 0 Å². The maximum Gasteiger partial charge on any atom is 0.416 e. The lowest BCUT2D eigenvalue weighted by Gasteiger charge is -2.06. The van der Waals surface area contributed by atoms with E-state index in [4.69, 9.17) is 5.73 Å². The van der Waals surface area contributed by atoms with Crippen LogP contribution in [0.3, 0.4) is 0 Å². The molecular weight excluding hydrogens is 253 g/mol. The van der Waals surface area contributed by atoms with Crippen LogP contribution in [0.5, 0.6) is 0 Å². The number of nitrogens with zero attached hydrogens (tertiary/aromatic N) is 1. The fourth-order valence-electron chi connectivity index (χ4n) is 1.19. The Labute approximate surface area is 98.9 Å². The lowest BCUT2D eigenvalue weighted by molar-refractivity contribution is -0.385. The molecular formula is C10H7F3N2O3. The van der Waals surface area contributed by atoms with Gasteiger partial charge < -0.3 is 5.73 Å². The highest BCUT2D eigenvalue weighted by molar-refractivity contribution is 5.90. The van der Waals surface area contributed by atoms with Crippen molar-refractivity contribution in [1.82, 2.24) is 0 Å². The highest BCUT2D eigenvalue weighted by Crippen LogP contribution is 2.33. The number of hydrogen-bond donors (Lipinski definition) is 1. The monoisotopic (exact) mass is 260 g/mol. The minimum absolute atomic E-state index is 0.133. The van der Waals surface area contributed by atoms with Gasteiger partial charge >= 0.3 is 6.18 Å². The Balaban J connectivity index is 3.30. The molecule has 0 bridgehead atoms. The fourth-order valence-corrected chi connectivity index (χ4v) is 1.19. The molecule has 0 heterocycles. The summed E-state index contributed by atoms with van der Waals surface area (Å²) in [5, 5.41) is 10.6. The molecule has 0 aliphatic carbocycles. The van der Waals surface area contributed by atoms with Gasteiger partial charge in [0.2, 0.25) is 5.91 Å². The standard InChI is InChI=1S/C10H7F3N2O3/c11-10(12,13)7-3-1-6(2-4-9(14)16)8(5-7)15(17)18/h1-5H,(H2,14,16). The molecule has 0 spiro atoms. The van der Waals surface area contributed by atoms with Crippen LogP contribution in [0.2, 0.25) is 0 Å². The van der Waals surface area contributed by atoms with Gasteiger partial charge in [-0.3, -0.25) is 14.9 Å². The Morgan fingerprint density at radius 3 is 2.44 bits per heavy atom. The van der Waals surface area contributed by atoms with E-state index in [2.05, 4.69) is 0 Å². The van der Waals surface area contributed by atoms with Crippen molar-refractivity contribution >= 4 is 17.7 Å². The molecule has 0 unspecified atom stereocenters. The molecule has 0 aliphatic rings. The highest BCUT2D eigenvalue weighted by atomic mass is 19.4. The minimum Gasteiger partial charge on any atom is -0.366 e. The SMILES string of the molecule is NC(=O)C=Cc1ccc(C(F)(F)F)cc1[N+](=O)[O-]. The molecule has 1 rings (SSSR count). The van der Waals surface area contributed by atoms with Crippen LogP contribution in [0, 0.1) is 10.1 Å². The van der Waals surface area contributed by atoms with Crippen LogP contribution in [0.25, 0.3) is 6.08 Å². The predicted molar refractivity (Wildman–Crippen MR) is 56.3 cm³/mol. The lowest BCUT2D eigenvalue weighted by atomic mass is 10.1. The van der Waals surface area contributed by atoms with Gasteiger partial charge in [-0.05, 0) is 18.2 Å². The number of primary amides is 1. The highest BCUT2D eigenvalue weighted by Gasteiger charge is 2.32. The van der Waals surface area contributed by atoms with Crippen LogP contribution in [0.1, 0.15) is 11.1 Å². The van der Waals surface area contributed by atoms with E-state index < -0.39 is 28.3 Å². The molecule has 1 amide bonds. The van der Waals surface area contributed by atoms with Gasteiger partial charge in [0.05, 0.1) is 16.1 Å². The summed E-state index contributed by atoms with van der Waals surface area (Å²) in [4.78, 5) is 20.1. The number of rotatable bonds is 3. The van der Waals surface area contributed by atoms with Gasteiger partial charge in [0.15, 0.2) is 0 Å². The van der Waals surface area contributed by atoms with E-state index in [9.17, 15) is 28.1 Å². The zero-order chi connectivity index (χ0) is 13.9. The van der Waals surface area contributed by atoms with Crippen molar-refractivity contribution in [3.63, 3.8) is 0 Å². The number of carbonyl (C=O) groups excluding carboxylic acids is 1. The number of nitro groups is 1. The van der Waals surface area contributed by atoms with Crippen LogP contribution in [-0.4, -0.2) is 10.8 Å². The summed E-state index contributed by atoms with van der Waals surface area (Å²) < 4.78 is 37.1. The molecule has 96 valence electrons. The van der Waals surface area contributed by atoms with E-state index in [-0.39, 0.29) is 5.56 Å². The molecule has 5 nitrogen and oxygen atoms in total. The van der Waals surface area contributed by atoms with Crippen molar-refractivity contribution in [2.24, 2.45) is 5.73 Å². The number of benzene rings is 1. The van der Waals surface area contributed by atoms with Gasteiger partial charge in [0.25, 0.3) is 5.69 Å². The third kappa shape index (κ3) is 3.30. The second-order valence-corrected chi connectivity index (χ2v) is 3.26. The number of alkyl halides is 3. The van der Waals surface area contributed by atoms with E-state index in [0.29, 0.717) is 12.1 Å². The van der Waals surface area contributed by atoms with Gasteiger partial charge in [-0.25, -0.2) is 0 Å². The molecule has 18 heavy (non-hydrogen) atoms. The maximum atomic E-state index is 12.4. The summed E-state index contributed by atoms with van der Waals surface area (Å²) in [6.07, 6.45) is -2.85. The molecule has 1 aromatic carbocycles. The maximum absolute atomic E-state index is 12.4. The molecule has 0 aromatic heterocycles. The smallest absolute Gasteiger partial charge is 0.366 e. The molecule has 0 radical (unpaired) electrons. The van der Waals surface area contributed by atoms with Crippen molar-refractivity contribution in [3.05, 3.63) is 45.5 Å². The summed E-state index contributed by atoms with van der Waals surface area (Å²) in [7, 11) is 0. The molecule has 0 aliphatic heterocycles. The second-order valence-electron chi connectivity index (χ2n) is 3.26. The summed E-state index contributed by atoms with van der Waals surface area (Å²) in [5.41, 5.74) is 2.78. The Hall–Kier alpha value is -2.38. The zero-order valence-corrected chi connectivity index (χ0v) is 8.77. The quantitative estimate of drug-likeness (QED) is 0.513. The molecule has 1 aromatic rings. The molecule has 0 saturated heterocycles. The average molecular weight is 260 g/mol. The number of carbonyl (C=O) groups is 1. The van der Waals surface area contributed by atoms with Gasteiger partial charge in [-0.2, -0.15) is 13.2 Å². The van der Waals surface area contributed by atoms with Gasteiger partial charge in [0.1, 0.15) is 0 Å².